The van der Waals surface area contributed by atoms with E-state index in [2.05, 4.69) is 5.32 Å². The van der Waals surface area contributed by atoms with Gasteiger partial charge in [-0.3, -0.25) is 4.79 Å². The summed E-state index contributed by atoms with van der Waals surface area (Å²) < 4.78 is 0. The third kappa shape index (κ3) is 3.12. The Morgan fingerprint density at radius 1 is 1.41 bits per heavy atom. The smallest absolute Gasteiger partial charge is 0.224 e. The molecule has 0 radical (unpaired) electrons. The van der Waals surface area contributed by atoms with Crippen LogP contribution in [0.1, 0.15) is 18.4 Å². The van der Waals surface area contributed by atoms with Gasteiger partial charge in [0, 0.05) is 10.0 Å². The van der Waals surface area contributed by atoms with Crippen molar-refractivity contribution in [2.24, 2.45) is 0 Å². The number of hydrogen-bond acceptors (Lipinski definition) is 2. The molecule has 5 heteroatoms. The van der Waals surface area contributed by atoms with Crippen molar-refractivity contribution >= 4 is 29.1 Å². The molecule has 0 heterocycles. The molecule has 0 unspecified atom stereocenters. The van der Waals surface area contributed by atoms with Gasteiger partial charge in [0.25, 0.3) is 0 Å². The van der Waals surface area contributed by atoms with E-state index in [4.69, 9.17) is 28.3 Å². The summed E-state index contributed by atoms with van der Waals surface area (Å²) in [5.41, 5.74) is 0.359. The van der Waals surface area contributed by atoms with Gasteiger partial charge in [-0.2, -0.15) is 0 Å². The fourth-order valence-electron chi connectivity index (χ4n) is 1.65. The first-order valence-corrected chi connectivity index (χ1v) is 6.16. The van der Waals surface area contributed by atoms with E-state index < -0.39 is 0 Å². The van der Waals surface area contributed by atoms with Gasteiger partial charge in [0.05, 0.1) is 18.6 Å². The molecule has 92 valence electrons. The predicted octanol–water partition coefficient (Wildman–Crippen LogP) is 2.18. The topological polar surface area (TPSA) is 49.3 Å². The van der Waals surface area contributed by atoms with E-state index in [1.165, 1.54) is 0 Å². The molecular weight excluding hydrogens is 261 g/mol. The SMILES string of the molecule is O=C(Cc1ccc(Cl)cc1Cl)NC1(CO)CC1. The van der Waals surface area contributed by atoms with Gasteiger partial charge in [-0.1, -0.05) is 29.3 Å². The number of carbonyl (C=O) groups excluding carboxylic acids is 1. The summed E-state index contributed by atoms with van der Waals surface area (Å²) in [6.45, 7) is -0.00686. The minimum atomic E-state index is -0.379. The number of halogens is 2. The molecule has 0 aliphatic heterocycles. The van der Waals surface area contributed by atoms with Crippen LogP contribution in [0, 0.1) is 0 Å². The molecule has 0 atom stereocenters. The number of hydrogen-bond donors (Lipinski definition) is 2. The van der Waals surface area contributed by atoms with Crippen LogP contribution in [-0.4, -0.2) is 23.2 Å². The van der Waals surface area contributed by atoms with Crippen LogP contribution in [0.15, 0.2) is 18.2 Å². The molecule has 1 saturated carbocycles. The van der Waals surface area contributed by atoms with Crippen LogP contribution < -0.4 is 5.32 Å². The number of amides is 1. The van der Waals surface area contributed by atoms with E-state index >= 15 is 0 Å². The van der Waals surface area contributed by atoms with Crippen LogP contribution in [0.5, 0.6) is 0 Å². The Morgan fingerprint density at radius 3 is 2.65 bits per heavy atom. The number of benzene rings is 1. The number of nitrogens with one attached hydrogen (secondary N) is 1. The number of aliphatic hydroxyl groups excluding tert-OH is 1. The molecule has 1 fully saturated rings. The van der Waals surface area contributed by atoms with Crippen LogP contribution in [-0.2, 0) is 11.2 Å². The van der Waals surface area contributed by atoms with E-state index in [-0.39, 0.29) is 24.5 Å². The van der Waals surface area contributed by atoms with Gasteiger partial charge < -0.3 is 10.4 Å². The number of aliphatic hydroxyl groups is 1. The fourth-order valence-corrected chi connectivity index (χ4v) is 2.13. The van der Waals surface area contributed by atoms with Crippen molar-refractivity contribution < 1.29 is 9.90 Å². The molecule has 0 saturated heterocycles. The van der Waals surface area contributed by atoms with Crippen molar-refractivity contribution in [2.45, 2.75) is 24.8 Å². The highest BCUT2D eigenvalue weighted by Gasteiger charge is 2.43. The molecule has 1 aliphatic carbocycles. The van der Waals surface area contributed by atoms with Gasteiger partial charge in [0.15, 0.2) is 0 Å². The molecule has 2 rings (SSSR count). The lowest BCUT2D eigenvalue weighted by atomic mass is 10.1. The van der Waals surface area contributed by atoms with Crippen LogP contribution in [0.25, 0.3) is 0 Å². The van der Waals surface area contributed by atoms with E-state index in [0.29, 0.717) is 10.0 Å². The summed E-state index contributed by atoms with van der Waals surface area (Å²) in [6.07, 6.45) is 1.88. The van der Waals surface area contributed by atoms with Gasteiger partial charge in [-0.15, -0.1) is 0 Å². The summed E-state index contributed by atoms with van der Waals surface area (Å²) >= 11 is 11.8. The lowest BCUT2D eigenvalue weighted by Crippen LogP contribution is -2.40. The zero-order valence-electron chi connectivity index (χ0n) is 9.17. The Morgan fingerprint density at radius 2 is 2.12 bits per heavy atom. The van der Waals surface area contributed by atoms with E-state index in [0.717, 1.165) is 18.4 Å². The van der Waals surface area contributed by atoms with Crippen LogP contribution in [0.4, 0.5) is 0 Å². The molecule has 2 N–H and O–H groups in total. The molecule has 1 aliphatic rings. The lowest BCUT2D eigenvalue weighted by molar-refractivity contribution is -0.121. The van der Waals surface area contributed by atoms with Crippen molar-refractivity contribution in [3.05, 3.63) is 33.8 Å². The van der Waals surface area contributed by atoms with Gasteiger partial charge in [0.1, 0.15) is 0 Å². The number of rotatable bonds is 4. The summed E-state index contributed by atoms with van der Waals surface area (Å²) in [5, 5.41) is 13.0. The highest BCUT2D eigenvalue weighted by atomic mass is 35.5. The third-order valence-electron chi connectivity index (χ3n) is 2.93. The van der Waals surface area contributed by atoms with E-state index in [1.54, 1.807) is 18.2 Å². The molecule has 0 aromatic heterocycles. The largest absolute Gasteiger partial charge is 0.394 e. The zero-order chi connectivity index (χ0) is 12.5. The Balaban J connectivity index is 1.98. The highest BCUT2D eigenvalue weighted by molar-refractivity contribution is 6.35. The summed E-state index contributed by atoms with van der Waals surface area (Å²) in [6, 6.07) is 5.06. The molecular formula is C12H13Cl2NO2. The average Bonchev–Trinajstić information content (AvgIpc) is 3.03. The van der Waals surface area contributed by atoms with Gasteiger partial charge >= 0.3 is 0 Å². The standard InChI is InChI=1S/C12H13Cl2NO2/c13-9-2-1-8(10(14)6-9)5-11(17)15-12(7-16)3-4-12/h1-2,6,16H,3-5,7H2,(H,15,17). The van der Waals surface area contributed by atoms with E-state index in [1.807, 2.05) is 0 Å². The molecule has 17 heavy (non-hydrogen) atoms. The van der Waals surface area contributed by atoms with Crippen LogP contribution >= 0.6 is 23.2 Å². The van der Waals surface area contributed by atoms with Crippen molar-refractivity contribution in [2.75, 3.05) is 6.61 Å². The second-order valence-electron chi connectivity index (χ2n) is 4.40. The van der Waals surface area contributed by atoms with Gasteiger partial charge in [0.2, 0.25) is 5.91 Å². The molecule has 0 bridgehead atoms. The maximum absolute atomic E-state index is 11.8. The Kier molecular flexibility index (Phi) is 3.61. The highest BCUT2D eigenvalue weighted by Crippen LogP contribution is 2.34. The molecule has 0 spiro atoms. The second kappa shape index (κ2) is 4.84. The minimum Gasteiger partial charge on any atom is -0.394 e. The first kappa shape index (κ1) is 12.7. The quantitative estimate of drug-likeness (QED) is 0.884. The Bertz CT molecular complexity index is 444. The van der Waals surface area contributed by atoms with Crippen LogP contribution in [0.3, 0.4) is 0 Å². The normalized spacial score (nSPS) is 16.6. The summed E-state index contributed by atoms with van der Waals surface area (Å²) in [7, 11) is 0. The maximum atomic E-state index is 11.8. The molecule has 3 nitrogen and oxygen atoms in total. The third-order valence-corrected chi connectivity index (χ3v) is 3.51. The predicted molar refractivity (Wildman–Crippen MR) is 67.4 cm³/mol. The first-order chi connectivity index (χ1) is 8.04. The van der Waals surface area contributed by atoms with E-state index in [9.17, 15) is 4.79 Å². The van der Waals surface area contributed by atoms with Crippen molar-refractivity contribution in [3.63, 3.8) is 0 Å². The van der Waals surface area contributed by atoms with Crippen molar-refractivity contribution in [1.82, 2.24) is 5.32 Å². The minimum absolute atomic E-state index is 0.00686. The zero-order valence-corrected chi connectivity index (χ0v) is 10.7. The molecule has 1 amide bonds. The molecule has 1 aromatic carbocycles. The van der Waals surface area contributed by atoms with Crippen molar-refractivity contribution in [3.8, 4) is 0 Å². The van der Waals surface area contributed by atoms with Crippen LogP contribution in [0.2, 0.25) is 10.0 Å². The fraction of sp³-hybridized carbons (Fsp3) is 0.417. The Labute approximate surface area is 110 Å². The monoisotopic (exact) mass is 273 g/mol. The maximum Gasteiger partial charge on any atom is 0.224 e. The van der Waals surface area contributed by atoms with Gasteiger partial charge in [-0.25, -0.2) is 0 Å². The average molecular weight is 274 g/mol. The molecule has 1 aromatic rings. The second-order valence-corrected chi connectivity index (χ2v) is 5.24. The Hall–Kier alpha value is -0.770. The first-order valence-electron chi connectivity index (χ1n) is 5.40. The lowest BCUT2D eigenvalue weighted by Gasteiger charge is -2.14. The number of carbonyl (C=O) groups is 1. The van der Waals surface area contributed by atoms with Crippen molar-refractivity contribution in [1.29, 1.82) is 0 Å². The van der Waals surface area contributed by atoms with Gasteiger partial charge in [-0.05, 0) is 30.5 Å². The summed E-state index contributed by atoms with van der Waals surface area (Å²) in [5.74, 6) is -0.124. The summed E-state index contributed by atoms with van der Waals surface area (Å²) in [4.78, 5) is 11.8.